The fourth-order valence-corrected chi connectivity index (χ4v) is 2.67. The summed E-state index contributed by atoms with van der Waals surface area (Å²) in [6.07, 6.45) is 4.38. The van der Waals surface area contributed by atoms with Crippen LogP contribution in [0.5, 0.6) is 0 Å². The Morgan fingerprint density at radius 2 is 1.30 bits per heavy atom. The fraction of sp³-hybridized carbons (Fsp3) is 0.765. The minimum absolute atomic E-state index is 0.0205. The zero-order chi connectivity index (χ0) is 15.2. The minimum Gasteiger partial charge on any atom is -0.319 e. The molecule has 2 rings (SSSR count). The maximum absolute atomic E-state index is 6.58. The van der Waals surface area contributed by atoms with Crippen LogP contribution in [0, 0.1) is 0 Å². The number of hydrogen-bond acceptors (Lipinski definition) is 3. The van der Waals surface area contributed by atoms with Gasteiger partial charge in [-0.2, -0.15) is 0 Å². The third-order valence-corrected chi connectivity index (χ3v) is 4.20. The van der Waals surface area contributed by atoms with Gasteiger partial charge in [-0.3, -0.25) is 0 Å². The van der Waals surface area contributed by atoms with Crippen LogP contribution >= 0.6 is 0 Å². The van der Waals surface area contributed by atoms with Crippen molar-refractivity contribution < 1.29 is 0 Å². The van der Waals surface area contributed by atoms with Gasteiger partial charge in [0.2, 0.25) is 0 Å². The van der Waals surface area contributed by atoms with Crippen molar-refractivity contribution in [3.05, 3.63) is 23.3 Å². The Hall–Kier alpha value is -0.960. The van der Waals surface area contributed by atoms with Crippen LogP contribution in [-0.4, -0.2) is 9.97 Å². The summed E-state index contributed by atoms with van der Waals surface area (Å²) in [4.78, 5) is 9.67. The maximum atomic E-state index is 6.58. The van der Waals surface area contributed by atoms with Crippen molar-refractivity contribution in [1.82, 2.24) is 9.97 Å². The van der Waals surface area contributed by atoms with E-state index in [4.69, 9.17) is 15.7 Å². The van der Waals surface area contributed by atoms with Crippen molar-refractivity contribution in [2.24, 2.45) is 5.73 Å². The molecule has 112 valence electrons. The third kappa shape index (κ3) is 3.03. The molecule has 1 aliphatic carbocycles. The van der Waals surface area contributed by atoms with E-state index in [1.54, 1.807) is 0 Å². The van der Waals surface area contributed by atoms with Gasteiger partial charge in [-0.05, 0) is 18.9 Å². The number of rotatable bonds is 1. The highest BCUT2D eigenvalue weighted by atomic mass is 15.0. The molecule has 0 saturated heterocycles. The van der Waals surface area contributed by atoms with Crippen molar-refractivity contribution in [2.45, 2.75) is 83.6 Å². The number of aromatic nitrogens is 2. The Kier molecular flexibility index (Phi) is 3.70. The summed E-state index contributed by atoms with van der Waals surface area (Å²) < 4.78 is 0. The lowest BCUT2D eigenvalue weighted by Gasteiger charge is -2.28. The molecule has 3 heteroatoms. The van der Waals surface area contributed by atoms with E-state index in [0.29, 0.717) is 0 Å². The highest BCUT2D eigenvalue weighted by molar-refractivity contribution is 5.25. The maximum Gasteiger partial charge on any atom is 0.148 e. The lowest BCUT2D eigenvalue weighted by Crippen LogP contribution is -2.37. The van der Waals surface area contributed by atoms with E-state index >= 15 is 0 Å². The van der Waals surface area contributed by atoms with E-state index in [0.717, 1.165) is 30.1 Å². The molecule has 0 spiro atoms. The van der Waals surface area contributed by atoms with Gasteiger partial charge >= 0.3 is 0 Å². The van der Waals surface area contributed by atoms with Crippen LogP contribution in [0.4, 0.5) is 0 Å². The topological polar surface area (TPSA) is 51.8 Å². The van der Waals surface area contributed by atoms with Gasteiger partial charge in [-0.15, -0.1) is 0 Å². The Bertz CT molecular complexity index is 454. The van der Waals surface area contributed by atoms with Gasteiger partial charge in [0.25, 0.3) is 0 Å². The molecular weight excluding hydrogens is 246 g/mol. The van der Waals surface area contributed by atoms with Gasteiger partial charge in [-0.1, -0.05) is 54.4 Å². The highest BCUT2D eigenvalue weighted by Gasteiger charge is 2.36. The first-order chi connectivity index (χ1) is 9.02. The summed E-state index contributed by atoms with van der Waals surface area (Å²) >= 11 is 0. The van der Waals surface area contributed by atoms with E-state index in [1.807, 2.05) is 0 Å². The van der Waals surface area contributed by atoms with E-state index in [-0.39, 0.29) is 16.4 Å². The molecule has 0 aromatic carbocycles. The van der Waals surface area contributed by atoms with Gasteiger partial charge in [0.05, 0.1) is 5.54 Å². The van der Waals surface area contributed by atoms with Gasteiger partial charge in [0, 0.05) is 22.2 Å². The molecule has 1 aromatic rings. The zero-order valence-electron chi connectivity index (χ0n) is 13.9. The molecule has 20 heavy (non-hydrogen) atoms. The number of nitrogens with zero attached hydrogens (tertiary/aromatic N) is 2. The van der Waals surface area contributed by atoms with E-state index < -0.39 is 0 Å². The zero-order valence-corrected chi connectivity index (χ0v) is 13.9. The van der Waals surface area contributed by atoms with Crippen LogP contribution in [0.25, 0.3) is 0 Å². The van der Waals surface area contributed by atoms with Crippen LogP contribution < -0.4 is 5.73 Å². The lowest BCUT2D eigenvalue weighted by molar-refractivity contribution is 0.414. The van der Waals surface area contributed by atoms with Crippen molar-refractivity contribution in [3.8, 4) is 0 Å². The first-order valence-corrected chi connectivity index (χ1v) is 7.72. The molecule has 1 saturated carbocycles. The minimum atomic E-state index is -0.318. The smallest absolute Gasteiger partial charge is 0.148 e. The summed E-state index contributed by atoms with van der Waals surface area (Å²) in [5, 5.41) is 0. The van der Waals surface area contributed by atoms with Crippen molar-refractivity contribution in [3.63, 3.8) is 0 Å². The second-order valence-electron chi connectivity index (χ2n) is 8.33. The summed E-state index contributed by atoms with van der Waals surface area (Å²) in [5.41, 5.74) is 8.50. The molecule has 1 heterocycles. The van der Waals surface area contributed by atoms with Gasteiger partial charge < -0.3 is 5.73 Å². The van der Waals surface area contributed by atoms with Crippen LogP contribution in [0.3, 0.4) is 0 Å². The monoisotopic (exact) mass is 275 g/mol. The molecule has 0 unspecified atom stereocenters. The summed E-state index contributed by atoms with van der Waals surface area (Å²) in [6, 6.07) is 2.15. The molecule has 0 radical (unpaired) electrons. The molecule has 1 fully saturated rings. The van der Waals surface area contributed by atoms with Gasteiger partial charge in [0.15, 0.2) is 0 Å². The SMILES string of the molecule is CC(C)(C)c1cc(C(C)(C)C)nc(C2(N)CCCC2)n1. The highest BCUT2D eigenvalue weighted by Crippen LogP contribution is 2.36. The average Bonchev–Trinajstić information content (AvgIpc) is 2.75. The third-order valence-electron chi connectivity index (χ3n) is 4.20. The quantitative estimate of drug-likeness (QED) is 0.848. The second kappa shape index (κ2) is 4.80. The van der Waals surface area contributed by atoms with E-state index in [2.05, 4.69) is 47.6 Å². The Morgan fingerprint density at radius 3 is 1.65 bits per heavy atom. The molecule has 0 amide bonds. The molecule has 0 bridgehead atoms. The lowest BCUT2D eigenvalue weighted by atomic mass is 9.85. The van der Waals surface area contributed by atoms with Crippen LogP contribution in [0.2, 0.25) is 0 Å². The Morgan fingerprint density at radius 1 is 0.900 bits per heavy atom. The normalized spacial score (nSPS) is 19.4. The number of hydrogen-bond donors (Lipinski definition) is 1. The fourth-order valence-electron chi connectivity index (χ4n) is 2.67. The van der Waals surface area contributed by atoms with Crippen molar-refractivity contribution in [1.29, 1.82) is 0 Å². The van der Waals surface area contributed by atoms with Gasteiger partial charge in [0.1, 0.15) is 5.82 Å². The summed E-state index contributed by atoms with van der Waals surface area (Å²) in [7, 11) is 0. The number of nitrogens with two attached hydrogens (primary N) is 1. The largest absolute Gasteiger partial charge is 0.319 e. The first-order valence-electron chi connectivity index (χ1n) is 7.72. The van der Waals surface area contributed by atoms with Crippen molar-refractivity contribution in [2.75, 3.05) is 0 Å². The van der Waals surface area contributed by atoms with Gasteiger partial charge in [-0.25, -0.2) is 9.97 Å². The van der Waals surface area contributed by atoms with Crippen LogP contribution in [0.15, 0.2) is 6.07 Å². The van der Waals surface area contributed by atoms with Crippen LogP contribution in [0.1, 0.15) is 84.4 Å². The standard InChI is InChI=1S/C17H29N3/c1-15(2,3)12-11-13(16(4,5)6)20-14(19-12)17(18)9-7-8-10-17/h11H,7-10,18H2,1-6H3. The average molecular weight is 275 g/mol. The predicted molar refractivity (Wildman–Crippen MR) is 83.8 cm³/mol. The van der Waals surface area contributed by atoms with Crippen LogP contribution in [-0.2, 0) is 16.4 Å². The predicted octanol–water partition coefficient (Wildman–Crippen LogP) is 3.80. The first kappa shape index (κ1) is 15.4. The molecule has 0 atom stereocenters. The molecule has 0 aliphatic heterocycles. The Labute approximate surface area is 123 Å². The summed E-state index contributed by atoms with van der Waals surface area (Å²) in [6.45, 7) is 13.2. The molecule has 3 nitrogen and oxygen atoms in total. The summed E-state index contributed by atoms with van der Waals surface area (Å²) in [5.74, 6) is 0.854. The van der Waals surface area contributed by atoms with E-state index in [1.165, 1.54) is 12.8 Å². The van der Waals surface area contributed by atoms with Crippen molar-refractivity contribution >= 4 is 0 Å². The molecular formula is C17H29N3. The molecule has 1 aliphatic rings. The Balaban J connectivity index is 2.57. The second-order valence-corrected chi connectivity index (χ2v) is 8.33. The van der Waals surface area contributed by atoms with E-state index in [9.17, 15) is 0 Å². The molecule has 1 aromatic heterocycles. The molecule has 2 N–H and O–H groups in total.